The van der Waals surface area contributed by atoms with E-state index in [0.717, 1.165) is 48.5 Å². The Kier molecular flexibility index (Phi) is 6.12. The molecule has 2 aliphatic rings. The molecule has 1 atom stereocenters. The molecule has 0 bridgehead atoms. The molecule has 1 saturated heterocycles. The lowest BCUT2D eigenvalue weighted by atomic mass is 9.84. The van der Waals surface area contributed by atoms with Crippen LogP contribution in [0.1, 0.15) is 49.4 Å². The highest BCUT2D eigenvalue weighted by Gasteiger charge is 2.22. The number of nitrogens with zero attached hydrogens (tertiary/aromatic N) is 2. The van der Waals surface area contributed by atoms with E-state index in [1.165, 1.54) is 37.8 Å². The second-order valence-corrected chi connectivity index (χ2v) is 9.14. The maximum atomic E-state index is 13.0. The van der Waals surface area contributed by atoms with Gasteiger partial charge in [-0.1, -0.05) is 31.4 Å². The number of amides is 1. The van der Waals surface area contributed by atoms with Gasteiger partial charge in [0, 0.05) is 41.3 Å². The number of hydrogen-bond donors (Lipinski definition) is 2. The van der Waals surface area contributed by atoms with Crippen molar-refractivity contribution in [2.75, 3.05) is 31.2 Å². The first-order chi connectivity index (χ1) is 15.7. The summed E-state index contributed by atoms with van der Waals surface area (Å²) < 4.78 is 5.45. The van der Waals surface area contributed by atoms with Crippen LogP contribution in [-0.4, -0.2) is 48.4 Å². The van der Waals surface area contributed by atoms with Gasteiger partial charge >= 0.3 is 0 Å². The number of fused-ring (bicyclic) bond motifs is 1. The Morgan fingerprint density at radius 1 is 1.09 bits per heavy atom. The van der Waals surface area contributed by atoms with Gasteiger partial charge in [0.2, 0.25) is 0 Å². The fourth-order valence-electron chi connectivity index (χ4n) is 5.07. The van der Waals surface area contributed by atoms with Crippen molar-refractivity contribution in [3.05, 3.63) is 48.0 Å². The van der Waals surface area contributed by atoms with E-state index in [0.29, 0.717) is 11.5 Å². The van der Waals surface area contributed by atoms with Crippen LogP contribution in [-0.2, 0) is 4.74 Å². The van der Waals surface area contributed by atoms with E-state index in [9.17, 15) is 4.79 Å². The zero-order chi connectivity index (χ0) is 21.9. The highest BCUT2D eigenvalue weighted by Crippen LogP contribution is 2.30. The van der Waals surface area contributed by atoms with Crippen LogP contribution in [0.25, 0.3) is 22.2 Å². The summed E-state index contributed by atoms with van der Waals surface area (Å²) in [6, 6.07) is 14.5. The maximum absolute atomic E-state index is 13.0. The Labute approximate surface area is 189 Å². The van der Waals surface area contributed by atoms with Crippen LogP contribution in [0.3, 0.4) is 0 Å². The van der Waals surface area contributed by atoms with Crippen LogP contribution in [0.5, 0.6) is 0 Å². The fraction of sp³-hybridized carbons (Fsp3) is 0.462. The minimum atomic E-state index is -0.000196. The molecule has 2 fully saturated rings. The standard InChI is InChI=1S/C26H32N4O2/c1-18(19-5-3-2-4-6-19)27-26(31)21-9-12-24-23(17-21)25(29-28-24)20-7-10-22(11-8-20)30-13-15-32-16-14-30/h7-12,17-19H,2-6,13-16H2,1H3,(H,27,31)(H,28,29)/t18-/m0/s1. The third-order valence-corrected chi connectivity index (χ3v) is 7.06. The first-order valence-electron chi connectivity index (χ1n) is 11.9. The lowest BCUT2D eigenvalue weighted by Crippen LogP contribution is -2.38. The second-order valence-electron chi connectivity index (χ2n) is 9.14. The molecule has 2 N–H and O–H groups in total. The van der Waals surface area contributed by atoms with Crippen LogP contribution in [0.15, 0.2) is 42.5 Å². The molecule has 1 aliphatic carbocycles. The molecule has 6 nitrogen and oxygen atoms in total. The van der Waals surface area contributed by atoms with Crippen molar-refractivity contribution in [2.24, 2.45) is 5.92 Å². The van der Waals surface area contributed by atoms with Crippen LogP contribution >= 0.6 is 0 Å². The summed E-state index contributed by atoms with van der Waals surface area (Å²) in [5.41, 5.74) is 4.75. The first kappa shape index (κ1) is 21.0. The molecule has 3 aromatic rings. The van der Waals surface area contributed by atoms with Gasteiger partial charge in [-0.15, -0.1) is 0 Å². The highest BCUT2D eigenvalue weighted by atomic mass is 16.5. The lowest BCUT2D eigenvalue weighted by Gasteiger charge is -2.28. The average molecular weight is 433 g/mol. The summed E-state index contributed by atoms with van der Waals surface area (Å²) >= 11 is 0. The molecule has 2 heterocycles. The van der Waals surface area contributed by atoms with Crippen LogP contribution in [0.4, 0.5) is 5.69 Å². The molecule has 6 heteroatoms. The molecule has 5 rings (SSSR count). The summed E-state index contributed by atoms with van der Waals surface area (Å²) in [6.45, 7) is 5.53. The number of nitrogens with one attached hydrogen (secondary N) is 2. The summed E-state index contributed by atoms with van der Waals surface area (Å²) in [5, 5.41) is 11.9. The number of morpholine rings is 1. The monoisotopic (exact) mass is 432 g/mol. The Morgan fingerprint density at radius 2 is 1.84 bits per heavy atom. The number of anilines is 1. The minimum absolute atomic E-state index is 0.000196. The molecular weight excluding hydrogens is 400 g/mol. The largest absolute Gasteiger partial charge is 0.378 e. The predicted molar refractivity (Wildman–Crippen MR) is 128 cm³/mol. The third-order valence-electron chi connectivity index (χ3n) is 7.06. The number of carbonyl (C=O) groups is 1. The fourth-order valence-corrected chi connectivity index (χ4v) is 5.07. The number of benzene rings is 2. The SMILES string of the molecule is C[C@H](NC(=O)c1ccc2[nH]nc(-c3ccc(N4CCOCC4)cc3)c2c1)C1CCCCC1. The molecule has 168 valence electrons. The van der Waals surface area contributed by atoms with E-state index in [-0.39, 0.29) is 11.9 Å². The number of carbonyl (C=O) groups excluding carboxylic acids is 1. The van der Waals surface area contributed by atoms with Crippen molar-refractivity contribution in [3.8, 4) is 11.3 Å². The minimum Gasteiger partial charge on any atom is -0.378 e. The quantitative estimate of drug-likeness (QED) is 0.610. The molecule has 1 saturated carbocycles. The van der Waals surface area contributed by atoms with Crippen molar-refractivity contribution in [2.45, 2.75) is 45.1 Å². The average Bonchev–Trinajstić information content (AvgIpc) is 3.28. The summed E-state index contributed by atoms with van der Waals surface area (Å²) in [7, 11) is 0. The molecule has 1 amide bonds. The van der Waals surface area contributed by atoms with Crippen molar-refractivity contribution >= 4 is 22.5 Å². The van der Waals surface area contributed by atoms with Gasteiger partial charge in [-0.05, 0) is 56.0 Å². The molecule has 1 aromatic heterocycles. The normalized spacial score (nSPS) is 18.6. The van der Waals surface area contributed by atoms with Gasteiger partial charge in [-0.2, -0.15) is 5.10 Å². The van der Waals surface area contributed by atoms with Gasteiger partial charge in [0.1, 0.15) is 0 Å². The number of ether oxygens (including phenoxy) is 1. The van der Waals surface area contributed by atoms with Crippen molar-refractivity contribution in [1.29, 1.82) is 0 Å². The molecule has 32 heavy (non-hydrogen) atoms. The van der Waals surface area contributed by atoms with E-state index in [2.05, 4.69) is 51.6 Å². The first-order valence-corrected chi connectivity index (χ1v) is 11.9. The number of H-pyrrole nitrogens is 1. The molecule has 2 aromatic carbocycles. The van der Waals surface area contributed by atoms with Crippen LogP contribution < -0.4 is 10.2 Å². The van der Waals surface area contributed by atoms with Gasteiger partial charge in [0.05, 0.1) is 24.4 Å². The summed E-state index contributed by atoms with van der Waals surface area (Å²) in [5.74, 6) is 0.589. The van der Waals surface area contributed by atoms with Crippen molar-refractivity contribution in [1.82, 2.24) is 15.5 Å². The lowest BCUT2D eigenvalue weighted by molar-refractivity contribution is 0.0919. The van der Waals surface area contributed by atoms with Gasteiger partial charge in [-0.3, -0.25) is 9.89 Å². The van der Waals surface area contributed by atoms with Crippen LogP contribution in [0.2, 0.25) is 0 Å². The summed E-state index contributed by atoms with van der Waals surface area (Å²) in [6.07, 6.45) is 6.31. The van der Waals surface area contributed by atoms with E-state index >= 15 is 0 Å². The number of hydrogen-bond acceptors (Lipinski definition) is 4. The van der Waals surface area contributed by atoms with Gasteiger partial charge < -0.3 is 15.0 Å². The predicted octanol–water partition coefficient (Wildman–Crippen LogP) is 4.77. The Morgan fingerprint density at radius 3 is 2.59 bits per heavy atom. The van der Waals surface area contributed by atoms with E-state index in [4.69, 9.17) is 4.74 Å². The summed E-state index contributed by atoms with van der Waals surface area (Å²) in [4.78, 5) is 15.3. The Hall–Kier alpha value is -2.86. The zero-order valence-electron chi connectivity index (χ0n) is 18.8. The van der Waals surface area contributed by atoms with E-state index < -0.39 is 0 Å². The number of aromatic nitrogens is 2. The van der Waals surface area contributed by atoms with E-state index in [1.807, 2.05) is 18.2 Å². The third kappa shape index (κ3) is 4.37. The molecule has 1 aliphatic heterocycles. The van der Waals surface area contributed by atoms with E-state index in [1.54, 1.807) is 0 Å². The van der Waals surface area contributed by atoms with Crippen LogP contribution in [0, 0.1) is 5.92 Å². The van der Waals surface area contributed by atoms with Gasteiger partial charge in [0.15, 0.2) is 0 Å². The molecular formula is C26H32N4O2. The Balaban J connectivity index is 1.35. The second kappa shape index (κ2) is 9.33. The van der Waals surface area contributed by atoms with Crippen molar-refractivity contribution in [3.63, 3.8) is 0 Å². The topological polar surface area (TPSA) is 70.2 Å². The maximum Gasteiger partial charge on any atom is 0.251 e. The number of rotatable bonds is 5. The zero-order valence-corrected chi connectivity index (χ0v) is 18.8. The Bertz CT molecular complexity index is 1060. The molecule has 0 radical (unpaired) electrons. The van der Waals surface area contributed by atoms with Crippen molar-refractivity contribution < 1.29 is 9.53 Å². The van der Waals surface area contributed by atoms with Gasteiger partial charge in [-0.25, -0.2) is 0 Å². The smallest absolute Gasteiger partial charge is 0.251 e. The molecule has 0 unspecified atom stereocenters. The molecule has 0 spiro atoms. The van der Waals surface area contributed by atoms with Gasteiger partial charge in [0.25, 0.3) is 5.91 Å². The highest BCUT2D eigenvalue weighted by molar-refractivity contribution is 6.01. The number of aromatic amines is 1.